The number of thioether (sulfide) groups is 1. The van der Waals surface area contributed by atoms with Crippen LogP contribution in [0, 0.1) is 25.8 Å². The fourth-order valence-corrected chi connectivity index (χ4v) is 7.61. The average Bonchev–Trinajstić information content (AvgIpc) is 3.32. The van der Waals surface area contributed by atoms with Crippen molar-refractivity contribution < 1.29 is 65.7 Å². The Morgan fingerprint density at radius 3 is 2.18 bits per heavy atom. The first-order valence-electron chi connectivity index (χ1n) is 14.9. The van der Waals surface area contributed by atoms with Crippen molar-refractivity contribution in [2.75, 3.05) is 5.32 Å². The number of rotatable bonds is 8. The molecule has 1 aliphatic rings. The number of aliphatic carboxylic acids is 1. The summed E-state index contributed by atoms with van der Waals surface area (Å²) in [6, 6.07) is 22.2. The molecule has 51 heavy (non-hydrogen) atoms. The molecule has 4 aromatic carbocycles. The molecule has 263 valence electrons. The van der Waals surface area contributed by atoms with E-state index in [2.05, 4.69) is 11.4 Å². The Kier molecular flexibility index (Phi) is 15.0. The summed E-state index contributed by atoms with van der Waals surface area (Å²) in [6.45, 7) is 7.15. The van der Waals surface area contributed by atoms with Crippen molar-refractivity contribution in [1.29, 1.82) is 0 Å². The number of hydrogen-bond donors (Lipinski definition) is 3. The second-order valence-corrected chi connectivity index (χ2v) is 15.9. The number of carbonyl (C=O) groups is 3. The van der Waals surface area contributed by atoms with Crippen LogP contribution < -0.4 is 5.32 Å². The summed E-state index contributed by atoms with van der Waals surface area (Å²) >= 11 is 18.3. The van der Waals surface area contributed by atoms with Gasteiger partial charge in [-0.15, -0.1) is 5.56 Å². The van der Waals surface area contributed by atoms with Gasteiger partial charge in [0.05, 0.1) is 25.4 Å². The molecule has 1 fully saturated rings. The van der Waals surface area contributed by atoms with Gasteiger partial charge < -0.3 is 15.5 Å². The van der Waals surface area contributed by atoms with E-state index in [1.54, 1.807) is 32.9 Å². The van der Waals surface area contributed by atoms with Gasteiger partial charge in [0.2, 0.25) is 15.7 Å². The number of phenolic OH excluding ortho intramolecular Hbond substituents is 1. The van der Waals surface area contributed by atoms with E-state index in [9.17, 15) is 33.0 Å². The molecule has 9 nitrogen and oxygen atoms in total. The van der Waals surface area contributed by atoms with Gasteiger partial charge in [-0.05, 0) is 72.5 Å². The van der Waals surface area contributed by atoms with Gasteiger partial charge in [0, 0.05) is 43.5 Å². The van der Waals surface area contributed by atoms with Gasteiger partial charge in [0.25, 0.3) is 5.91 Å². The molecule has 0 aliphatic carbocycles. The molecule has 0 spiro atoms. The van der Waals surface area contributed by atoms with Crippen LogP contribution in [0.15, 0.2) is 93.6 Å². The van der Waals surface area contributed by atoms with Crippen LogP contribution in [-0.2, 0) is 52.1 Å². The van der Waals surface area contributed by atoms with Gasteiger partial charge in [-0.2, -0.15) is 18.2 Å². The Labute approximate surface area is 341 Å². The number of nitrogens with zero attached hydrogens (tertiary/aromatic N) is 1. The molecule has 1 heterocycles. The van der Waals surface area contributed by atoms with E-state index in [0.717, 1.165) is 22.9 Å². The maximum absolute atomic E-state index is 12.8. The first-order chi connectivity index (χ1) is 23.5. The molecular formula is C36H31Cl2N2O7S3Y-. The number of hydrogen-bond acceptors (Lipinski definition) is 8. The Morgan fingerprint density at radius 1 is 0.980 bits per heavy atom. The minimum atomic E-state index is -3.83. The van der Waals surface area contributed by atoms with Gasteiger partial charge in [0.1, 0.15) is 10.4 Å². The standard InChI is InChI=1S/C20H14Cl2NO4S.C16H17NO3S2.Y/c1-12-3-2-4-16(19(12)24)20(25)23-18-11-15(9-10-17(18)22)28(26,27)14-7-5-13(21)6-8-14;1-9(2)13(15(19)20)17-14(18)12(22-16(17)21)8-11-6-4-10(3)5-7-11;/h3-11,24H,1H3,(H,23,25);4-9,13H,1-3H3,(H,19,20);/q-1;;/b;12-8+;. The number of thiocarbonyl (C=S) groups is 1. The number of amides is 2. The molecule has 2 amide bonds. The third-order valence-corrected chi connectivity index (χ3v) is 11.1. The number of aromatic hydroxyl groups is 1. The second kappa shape index (κ2) is 18.1. The van der Waals surface area contributed by atoms with Crippen LogP contribution in [-0.4, -0.2) is 51.7 Å². The number of benzene rings is 4. The van der Waals surface area contributed by atoms with Crippen molar-refractivity contribution in [2.24, 2.45) is 5.92 Å². The van der Waals surface area contributed by atoms with Crippen molar-refractivity contribution >= 4 is 90.9 Å². The first kappa shape index (κ1) is 42.3. The number of carboxylic acid groups (broad SMARTS) is 1. The number of nitrogens with one attached hydrogen (secondary N) is 1. The third kappa shape index (κ3) is 10.3. The van der Waals surface area contributed by atoms with Crippen LogP contribution in [0.1, 0.15) is 40.9 Å². The summed E-state index contributed by atoms with van der Waals surface area (Å²) in [4.78, 5) is 38.1. The first-order valence-corrected chi connectivity index (χ1v) is 18.4. The predicted molar refractivity (Wildman–Crippen MR) is 200 cm³/mol. The fraction of sp³-hybridized carbons (Fsp3) is 0.167. The maximum atomic E-state index is 12.8. The quantitative estimate of drug-likeness (QED) is 0.0909. The van der Waals surface area contributed by atoms with Crippen molar-refractivity contribution in [3.63, 3.8) is 0 Å². The van der Waals surface area contributed by atoms with Crippen LogP contribution in [0.4, 0.5) is 5.69 Å². The molecule has 3 N–H and O–H groups in total. The summed E-state index contributed by atoms with van der Waals surface area (Å²) in [5.41, 5.74) is 2.61. The summed E-state index contributed by atoms with van der Waals surface area (Å²) < 4.78 is 25.9. The zero-order chi connectivity index (χ0) is 36.9. The summed E-state index contributed by atoms with van der Waals surface area (Å²) in [5.74, 6) is -2.42. The van der Waals surface area contributed by atoms with Gasteiger partial charge in [0.15, 0.2) is 0 Å². The molecule has 0 aromatic heterocycles. The van der Waals surface area contributed by atoms with Crippen molar-refractivity contribution in [3.8, 4) is 5.75 Å². The Hall–Kier alpha value is -3.10. The number of aryl methyl sites for hydroxylation is 2. The van der Waals surface area contributed by atoms with Gasteiger partial charge in [-0.25, -0.2) is 13.2 Å². The van der Waals surface area contributed by atoms with E-state index in [1.807, 2.05) is 31.2 Å². The molecule has 1 atom stereocenters. The van der Waals surface area contributed by atoms with Crippen LogP contribution in [0.2, 0.25) is 10.0 Å². The Balaban J connectivity index is 0.000000278. The van der Waals surface area contributed by atoms with Crippen molar-refractivity contribution in [1.82, 2.24) is 4.90 Å². The molecule has 1 radical (unpaired) electrons. The number of sulfone groups is 1. The molecule has 1 aliphatic heterocycles. The second-order valence-electron chi connectivity index (χ2n) is 11.4. The van der Waals surface area contributed by atoms with E-state index in [0.29, 0.717) is 19.8 Å². The van der Waals surface area contributed by atoms with Crippen LogP contribution >= 0.6 is 47.2 Å². The van der Waals surface area contributed by atoms with Gasteiger partial charge in [-0.3, -0.25) is 14.5 Å². The number of anilines is 1. The molecular weight excluding hydrogens is 828 g/mol. The fourth-order valence-electron chi connectivity index (χ4n) is 4.71. The molecule has 0 saturated carbocycles. The average molecular weight is 860 g/mol. The zero-order valence-corrected chi connectivity index (χ0v) is 34.5. The Morgan fingerprint density at radius 2 is 1.59 bits per heavy atom. The summed E-state index contributed by atoms with van der Waals surface area (Å²) in [7, 11) is -3.83. The van der Waals surface area contributed by atoms with Gasteiger partial charge >= 0.3 is 5.97 Å². The Bertz CT molecular complexity index is 2110. The number of carboxylic acids is 1. The topological polar surface area (TPSA) is 141 Å². The predicted octanol–water partition coefficient (Wildman–Crippen LogP) is 8.20. The number of halogens is 2. The van der Waals surface area contributed by atoms with E-state index < -0.39 is 27.8 Å². The molecule has 4 aromatic rings. The SMILES string of the molecule is Cc1c[c-]cc(C(=O)Nc2cc(S(=O)(=O)c3ccc(Cl)cc3)ccc2Cl)c1O.Cc1ccc(/C=C2/SC(=S)N(C(C(=O)O)C(C)C)C2=O)cc1.[Y]. The minimum absolute atomic E-state index is 0. The molecule has 1 unspecified atom stereocenters. The summed E-state index contributed by atoms with van der Waals surface area (Å²) in [5, 5.41) is 22.5. The third-order valence-electron chi connectivity index (χ3n) is 7.38. The zero-order valence-electron chi connectivity index (χ0n) is 27.7. The molecule has 15 heteroatoms. The van der Waals surface area contributed by atoms with Crippen LogP contribution in [0.25, 0.3) is 6.08 Å². The molecule has 1 saturated heterocycles. The maximum Gasteiger partial charge on any atom is 0.327 e. The van der Waals surface area contributed by atoms with Crippen molar-refractivity contribution in [2.45, 2.75) is 43.5 Å². The smallest absolute Gasteiger partial charge is 0.327 e. The largest absolute Gasteiger partial charge is 0.532 e. The van der Waals surface area contributed by atoms with Crippen LogP contribution in [0.3, 0.4) is 0 Å². The monoisotopic (exact) mass is 858 g/mol. The van der Waals surface area contributed by atoms with E-state index in [1.165, 1.54) is 53.4 Å². The number of phenols is 1. The molecule has 0 bridgehead atoms. The van der Waals surface area contributed by atoms with Crippen LogP contribution in [0.5, 0.6) is 5.75 Å². The minimum Gasteiger partial charge on any atom is -0.532 e. The normalized spacial score (nSPS) is 14.1. The summed E-state index contributed by atoms with van der Waals surface area (Å²) in [6.07, 6.45) is 1.75. The number of carbonyl (C=O) groups excluding carboxylic acids is 2. The van der Waals surface area contributed by atoms with Crippen molar-refractivity contribution in [3.05, 3.63) is 122 Å². The van der Waals surface area contributed by atoms with E-state index in [-0.39, 0.29) is 76.3 Å². The van der Waals surface area contributed by atoms with E-state index in [4.69, 9.17) is 35.4 Å². The van der Waals surface area contributed by atoms with E-state index >= 15 is 0 Å². The molecule has 5 rings (SSSR count). The van der Waals surface area contributed by atoms with Gasteiger partial charge in [-0.1, -0.05) is 97.8 Å².